The minimum absolute atomic E-state index is 0.147. The smallest absolute Gasteiger partial charge is 0.244 e. The van der Waals surface area contributed by atoms with Crippen LogP contribution in [-0.2, 0) is 11.2 Å². The van der Waals surface area contributed by atoms with Crippen LogP contribution in [0.15, 0.2) is 46.0 Å². The summed E-state index contributed by atoms with van der Waals surface area (Å²) in [5.41, 5.74) is 6.68. The van der Waals surface area contributed by atoms with Crippen molar-refractivity contribution in [3.8, 4) is 5.75 Å². The molecule has 0 heterocycles. The van der Waals surface area contributed by atoms with Crippen molar-refractivity contribution in [2.45, 2.75) is 27.2 Å². The Labute approximate surface area is 151 Å². The Kier molecular flexibility index (Phi) is 6.55. The second-order valence-corrected chi connectivity index (χ2v) is 6.43. The summed E-state index contributed by atoms with van der Waals surface area (Å²) in [6.07, 6.45) is 1.90. The van der Waals surface area contributed by atoms with Gasteiger partial charge in [0.25, 0.3) is 0 Å². The van der Waals surface area contributed by atoms with Crippen LogP contribution in [-0.4, -0.2) is 18.7 Å². The van der Waals surface area contributed by atoms with Crippen LogP contribution in [0, 0.1) is 13.8 Å². The molecule has 2 rings (SSSR count). The number of benzene rings is 2. The second-order valence-electron chi connectivity index (χ2n) is 5.52. The Morgan fingerprint density at radius 3 is 2.75 bits per heavy atom. The molecule has 5 heteroatoms. The number of carbonyl (C=O) groups excluding carboxylic acids is 1. The molecule has 0 spiro atoms. The number of hydrazone groups is 1. The Bertz CT molecular complexity index is 757. The predicted octanol–water partition coefficient (Wildman–Crippen LogP) is 4.16. The minimum atomic E-state index is -0.147. The summed E-state index contributed by atoms with van der Waals surface area (Å²) in [7, 11) is 0. The lowest BCUT2D eigenvalue weighted by Crippen LogP contribution is -2.20. The zero-order chi connectivity index (χ0) is 17.5. The molecule has 1 N–H and O–H groups in total. The molecule has 0 radical (unpaired) electrons. The van der Waals surface area contributed by atoms with E-state index in [9.17, 15) is 4.79 Å². The molecule has 0 saturated heterocycles. The van der Waals surface area contributed by atoms with E-state index in [0.717, 1.165) is 26.9 Å². The summed E-state index contributed by atoms with van der Waals surface area (Å²) in [4.78, 5) is 12.1. The van der Waals surface area contributed by atoms with Gasteiger partial charge in [-0.15, -0.1) is 0 Å². The Morgan fingerprint density at radius 2 is 2.04 bits per heavy atom. The fraction of sp³-hybridized carbons (Fsp3) is 0.263. The lowest BCUT2D eigenvalue weighted by Gasteiger charge is -2.07. The minimum Gasteiger partial charge on any atom is -0.493 e. The van der Waals surface area contributed by atoms with Gasteiger partial charge < -0.3 is 4.74 Å². The van der Waals surface area contributed by atoms with Crippen molar-refractivity contribution >= 4 is 28.1 Å². The van der Waals surface area contributed by atoms with E-state index in [1.165, 1.54) is 5.56 Å². The quantitative estimate of drug-likeness (QED) is 0.596. The van der Waals surface area contributed by atoms with Crippen molar-refractivity contribution in [2.75, 3.05) is 6.61 Å². The van der Waals surface area contributed by atoms with Gasteiger partial charge in [0.15, 0.2) is 0 Å². The first-order chi connectivity index (χ1) is 11.5. The number of rotatable bonds is 6. The number of ether oxygens (including phenoxy) is 1. The SMILES string of the molecule is CCOc1ccc(Br)cc1/C=N\NC(=O)Cc1ccc(C)cc1C. The number of hydrogen-bond donors (Lipinski definition) is 1. The molecule has 0 atom stereocenters. The van der Waals surface area contributed by atoms with Gasteiger partial charge in [-0.05, 0) is 50.1 Å². The zero-order valence-corrected chi connectivity index (χ0v) is 15.7. The maximum atomic E-state index is 12.1. The number of amides is 1. The van der Waals surface area contributed by atoms with E-state index in [0.29, 0.717) is 13.0 Å². The van der Waals surface area contributed by atoms with Gasteiger partial charge in [0.05, 0.1) is 19.2 Å². The van der Waals surface area contributed by atoms with Gasteiger partial charge in [-0.25, -0.2) is 5.43 Å². The van der Waals surface area contributed by atoms with E-state index in [4.69, 9.17) is 4.74 Å². The number of halogens is 1. The van der Waals surface area contributed by atoms with Crippen LogP contribution in [0.1, 0.15) is 29.2 Å². The maximum absolute atomic E-state index is 12.1. The Morgan fingerprint density at radius 1 is 1.25 bits per heavy atom. The highest BCUT2D eigenvalue weighted by Crippen LogP contribution is 2.21. The fourth-order valence-electron chi connectivity index (χ4n) is 2.34. The summed E-state index contributed by atoms with van der Waals surface area (Å²) in [6.45, 7) is 6.54. The van der Waals surface area contributed by atoms with Gasteiger partial charge in [-0.3, -0.25) is 4.79 Å². The highest BCUT2D eigenvalue weighted by atomic mass is 79.9. The van der Waals surface area contributed by atoms with E-state index in [1.54, 1.807) is 6.21 Å². The van der Waals surface area contributed by atoms with Crippen molar-refractivity contribution < 1.29 is 9.53 Å². The standard InChI is InChI=1S/C19H21BrN2O2/c1-4-24-18-8-7-17(20)10-16(18)12-21-22-19(23)11-15-6-5-13(2)9-14(15)3/h5-10,12H,4,11H2,1-3H3,(H,22,23)/b21-12-. The molecular formula is C19H21BrN2O2. The molecule has 24 heavy (non-hydrogen) atoms. The molecule has 0 unspecified atom stereocenters. The number of aryl methyl sites for hydroxylation is 2. The average Bonchev–Trinajstić information content (AvgIpc) is 2.53. The summed E-state index contributed by atoms with van der Waals surface area (Å²) in [6, 6.07) is 11.7. The summed E-state index contributed by atoms with van der Waals surface area (Å²) >= 11 is 3.42. The van der Waals surface area contributed by atoms with Gasteiger partial charge in [0, 0.05) is 10.0 Å². The number of carbonyl (C=O) groups is 1. The molecule has 0 saturated carbocycles. The molecule has 0 bridgehead atoms. The first kappa shape index (κ1) is 18.2. The van der Waals surface area contributed by atoms with E-state index in [2.05, 4.69) is 32.5 Å². The maximum Gasteiger partial charge on any atom is 0.244 e. The Balaban J connectivity index is 2.01. The van der Waals surface area contributed by atoms with E-state index in [1.807, 2.05) is 51.1 Å². The second kappa shape index (κ2) is 8.64. The van der Waals surface area contributed by atoms with Crippen molar-refractivity contribution in [3.05, 3.63) is 63.1 Å². The van der Waals surface area contributed by atoms with Crippen LogP contribution in [0.3, 0.4) is 0 Å². The van der Waals surface area contributed by atoms with E-state index < -0.39 is 0 Å². The highest BCUT2D eigenvalue weighted by Gasteiger charge is 2.06. The summed E-state index contributed by atoms with van der Waals surface area (Å²) < 4.78 is 6.47. The highest BCUT2D eigenvalue weighted by molar-refractivity contribution is 9.10. The summed E-state index contributed by atoms with van der Waals surface area (Å²) in [5, 5.41) is 4.04. The van der Waals surface area contributed by atoms with Gasteiger partial charge >= 0.3 is 0 Å². The normalized spacial score (nSPS) is 10.8. The van der Waals surface area contributed by atoms with Gasteiger partial charge in [0.1, 0.15) is 5.75 Å². The van der Waals surface area contributed by atoms with Crippen LogP contribution in [0.2, 0.25) is 0 Å². The molecule has 2 aromatic rings. The predicted molar refractivity (Wildman–Crippen MR) is 101 cm³/mol. The van der Waals surface area contributed by atoms with Gasteiger partial charge in [0.2, 0.25) is 5.91 Å². The van der Waals surface area contributed by atoms with Crippen LogP contribution in [0.25, 0.3) is 0 Å². The summed E-state index contributed by atoms with van der Waals surface area (Å²) in [5.74, 6) is 0.583. The van der Waals surface area contributed by atoms with Crippen LogP contribution in [0.5, 0.6) is 5.75 Å². The van der Waals surface area contributed by atoms with Crippen LogP contribution < -0.4 is 10.2 Å². The lowest BCUT2D eigenvalue weighted by atomic mass is 10.0. The molecule has 1 amide bonds. The number of hydrogen-bond acceptors (Lipinski definition) is 3. The molecule has 0 aliphatic heterocycles. The Hall–Kier alpha value is -2.14. The third-order valence-corrected chi connectivity index (χ3v) is 4.01. The molecule has 0 aliphatic carbocycles. The molecule has 0 aromatic heterocycles. The van der Waals surface area contributed by atoms with Crippen molar-refractivity contribution in [2.24, 2.45) is 5.10 Å². The third-order valence-electron chi connectivity index (χ3n) is 3.51. The molecule has 4 nitrogen and oxygen atoms in total. The first-order valence-corrected chi connectivity index (χ1v) is 8.59. The fourth-order valence-corrected chi connectivity index (χ4v) is 2.72. The lowest BCUT2D eigenvalue weighted by molar-refractivity contribution is -0.120. The van der Waals surface area contributed by atoms with Gasteiger partial charge in [-0.1, -0.05) is 39.7 Å². The third kappa shape index (κ3) is 5.20. The molecule has 126 valence electrons. The van der Waals surface area contributed by atoms with Crippen molar-refractivity contribution in [1.82, 2.24) is 5.43 Å². The van der Waals surface area contributed by atoms with Crippen LogP contribution in [0.4, 0.5) is 0 Å². The number of nitrogens with zero attached hydrogens (tertiary/aromatic N) is 1. The number of nitrogens with one attached hydrogen (secondary N) is 1. The monoisotopic (exact) mass is 388 g/mol. The van der Waals surface area contributed by atoms with Gasteiger partial charge in [-0.2, -0.15) is 5.10 Å². The van der Waals surface area contributed by atoms with Crippen LogP contribution >= 0.6 is 15.9 Å². The first-order valence-electron chi connectivity index (χ1n) is 7.80. The topological polar surface area (TPSA) is 50.7 Å². The molecule has 0 aliphatic rings. The largest absolute Gasteiger partial charge is 0.493 e. The van der Waals surface area contributed by atoms with Crippen molar-refractivity contribution in [1.29, 1.82) is 0 Å². The molecule has 2 aromatic carbocycles. The van der Waals surface area contributed by atoms with Crippen molar-refractivity contribution in [3.63, 3.8) is 0 Å². The zero-order valence-electron chi connectivity index (χ0n) is 14.1. The van der Waals surface area contributed by atoms with E-state index >= 15 is 0 Å². The van der Waals surface area contributed by atoms with E-state index in [-0.39, 0.29) is 5.91 Å². The molecular weight excluding hydrogens is 368 g/mol. The molecule has 0 fully saturated rings. The average molecular weight is 389 g/mol.